The van der Waals surface area contributed by atoms with Crippen LogP contribution < -0.4 is 24.3 Å². The second-order valence-corrected chi connectivity index (χ2v) is 5.78. The molecule has 28 heavy (non-hydrogen) atoms. The average molecular weight is 390 g/mol. The summed E-state index contributed by atoms with van der Waals surface area (Å²) in [5, 5.41) is 14.2. The lowest BCUT2D eigenvalue weighted by molar-refractivity contribution is -0.385. The van der Waals surface area contributed by atoms with Crippen molar-refractivity contribution in [1.82, 2.24) is 5.32 Å². The van der Waals surface area contributed by atoms with E-state index in [1.54, 1.807) is 25.1 Å². The molecule has 1 N–H and O–H groups in total. The molecule has 150 valence electrons. The molecule has 2 aromatic rings. The standard InChI is InChI=1S/C19H22N2O7/c1-11(13-8-12(25-2)6-7-16(13)26-3)20-19(22)14-9-17(27-4)18(28-5)10-15(14)21(23)24/h6-11H,1-5H3,(H,20,22). The SMILES string of the molecule is COc1ccc(OC)c(C(C)NC(=O)c2cc(OC)c(OC)cc2[N+](=O)[O-])c1. The lowest BCUT2D eigenvalue weighted by Crippen LogP contribution is -2.27. The van der Waals surface area contributed by atoms with Crippen LogP contribution in [-0.4, -0.2) is 39.3 Å². The maximum absolute atomic E-state index is 12.8. The molecule has 2 rings (SSSR count). The molecule has 0 aromatic heterocycles. The molecule has 9 heteroatoms. The van der Waals surface area contributed by atoms with Gasteiger partial charge in [-0.05, 0) is 25.1 Å². The van der Waals surface area contributed by atoms with Crippen LogP contribution in [0.4, 0.5) is 5.69 Å². The van der Waals surface area contributed by atoms with E-state index >= 15 is 0 Å². The van der Waals surface area contributed by atoms with Crippen molar-refractivity contribution in [1.29, 1.82) is 0 Å². The predicted octanol–water partition coefficient (Wildman–Crippen LogP) is 3.12. The lowest BCUT2D eigenvalue weighted by atomic mass is 10.1. The monoisotopic (exact) mass is 390 g/mol. The van der Waals surface area contributed by atoms with Crippen molar-refractivity contribution in [3.63, 3.8) is 0 Å². The fourth-order valence-corrected chi connectivity index (χ4v) is 2.73. The molecule has 0 aliphatic heterocycles. The Hall–Kier alpha value is -3.49. The van der Waals surface area contributed by atoms with Crippen LogP contribution in [0.3, 0.4) is 0 Å². The maximum atomic E-state index is 12.8. The van der Waals surface area contributed by atoms with Crippen LogP contribution in [0.1, 0.15) is 28.9 Å². The molecule has 0 aliphatic carbocycles. The number of rotatable bonds is 8. The highest BCUT2D eigenvalue weighted by Crippen LogP contribution is 2.35. The van der Waals surface area contributed by atoms with Crippen molar-refractivity contribution in [2.24, 2.45) is 0 Å². The molecule has 0 fully saturated rings. The molecule has 0 saturated heterocycles. The Labute approximate surface area is 162 Å². The molecule has 0 saturated carbocycles. The van der Waals surface area contributed by atoms with Crippen molar-refractivity contribution in [3.05, 3.63) is 51.6 Å². The van der Waals surface area contributed by atoms with Gasteiger partial charge in [-0.1, -0.05) is 0 Å². The first-order chi connectivity index (χ1) is 13.4. The molecule has 0 aliphatic rings. The number of benzene rings is 2. The van der Waals surface area contributed by atoms with Gasteiger partial charge in [-0.2, -0.15) is 0 Å². The van der Waals surface area contributed by atoms with Gasteiger partial charge in [0.05, 0.1) is 45.5 Å². The Kier molecular flexibility index (Phi) is 6.64. The Morgan fingerprint density at radius 1 is 0.964 bits per heavy atom. The van der Waals surface area contributed by atoms with Crippen LogP contribution in [0.15, 0.2) is 30.3 Å². The molecule has 0 bridgehead atoms. The van der Waals surface area contributed by atoms with Crippen molar-refractivity contribution in [2.45, 2.75) is 13.0 Å². The first-order valence-corrected chi connectivity index (χ1v) is 8.29. The molecule has 2 aromatic carbocycles. The minimum Gasteiger partial charge on any atom is -0.497 e. The molecule has 1 atom stereocenters. The van der Waals surface area contributed by atoms with Crippen molar-refractivity contribution in [3.8, 4) is 23.0 Å². The van der Waals surface area contributed by atoms with Gasteiger partial charge in [0.1, 0.15) is 17.1 Å². The Balaban J connectivity index is 2.40. The highest BCUT2D eigenvalue weighted by molar-refractivity contribution is 5.99. The zero-order valence-corrected chi connectivity index (χ0v) is 16.3. The zero-order chi connectivity index (χ0) is 20.8. The maximum Gasteiger partial charge on any atom is 0.286 e. The summed E-state index contributed by atoms with van der Waals surface area (Å²) < 4.78 is 20.8. The second-order valence-electron chi connectivity index (χ2n) is 5.78. The third kappa shape index (κ3) is 4.25. The lowest BCUT2D eigenvalue weighted by Gasteiger charge is -2.18. The Morgan fingerprint density at radius 3 is 2.11 bits per heavy atom. The van der Waals surface area contributed by atoms with Gasteiger partial charge in [-0.15, -0.1) is 0 Å². The topological polar surface area (TPSA) is 109 Å². The third-order valence-electron chi connectivity index (χ3n) is 4.19. The summed E-state index contributed by atoms with van der Waals surface area (Å²) >= 11 is 0. The fourth-order valence-electron chi connectivity index (χ4n) is 2.73. The van der Waals surface area contributed by atoms with Crippen LogP contribution in [0.2, 0.25) is 0 Å². The largest absolute Gasteiger partial charge is 0.497 e. The summed E-state index contributed by atoms with van der Waals surface area (Å²) in [5.74, 6) is 0.882. The number of nitrogens with one attached hydrogen (secondary N) is 1. The number of hydrogen-bond acceptors (Lipinski definition) is 7. The van der Waals surface area contributed by atoms with Gasteiger partial charge >= 0.3 is 0 Å². The predicted molar refractivity (Wildman–Crippen MR) is 102 cm³/mol. The van der Waals surface area contributed by atoms with E-state index in [1.807, 2.05) is 0 Å². The molecule has 0 spiro atoms. The van der Waals surface area contributed by atoms with E-state index in [1.165, 1.54) is 34.5 Å². The minimum atomic E-state index is -0.645. The number of carbonyl (C=O) groups is 1. The van der Waals surface area contributed by atoms with Crippen LogP contribution in [0.5, 0.6) is 23.0 Å². The van der Waals surface area contributed by atoms with Crippen molar-refractivity contribution < 1.29 is 28.7 Å². The first kappa shape index (κ1) is 20.8. The van der Waals surface area contributed by atoms with Gasteiger partial charge in [-0.25, -0.2) is 0 Å². The number of ether oxygens (including phenoxy) is 4. The van der Waals surface area contributed by atoms with Crippen molar-refractivity contribution >= 4 is 11.6 Å². The minimum absolute atomic E-state index is 0.142. The number of amides is 1. The molecule has 1 amide bonds. The number of hydrogen-bond donors (Lipinski definition) is 1. The second kappa shape index (κ2) is 8.94. The normalized spacial score (nSPS) is 11.3. The van der Waals surface area contributed by atoms with E-state index in [9.17, 15) is 14.9 Å². The Morgan fingerprint density at radius 2 is 1.57 bits per heavy atom. The quantitative estimate of drug-likeness (QED) is 0.545. The average Bonchev–Trinajstić information content (AvgIpc) is 2.71. The molecule has 0 radical (unpaired) electrons. The van der Waals surface area contributed by atoms with Gasteiger partial charge in [0.15, 0.2) is 11.5 Å². The molecule has 1 unspecified atom stereocenters. The van der Waals surface area contributed by atoms with Gasteiger partial charge in [0.25, 0.3) is 11.6 Å². The summed E-state index contributed by atoms with van der Waals surface area (Å²) in [6.07, 6.45) is 0. The number of carbonyl (C=O) groups excluding carboxylic acids is 1. The number of nitrogens with zero attached hydrogens (tertiary/aromatic N) is 1. The summed E-state index contributed by atoms with van der Waals surface area (Å²) in [4.78, 5) is 23.6. The smallest absolute Gasteiger partial charge is 0.286 e. The van der Waals surface area contributed by atoms with E-state index in [-0.39, 0.29) is 22.7 Å². The van der Waals surface area contributed by atoms with Crippen LogP contribution in [-0.2, 0) is 0 Å². The summed E-state index contributed by atoms with van der Waals surface area (Å²) in [7, 11) is 5.79. The van der Waals surface area contributed by atoms with Gasteiger partial charge < -0.3 is 24.3 Å². The van der Waals surface area contributed by atoms with Crippen LogP contribution in [0.25, 0.3) is 0 Å². The summed E-state index contributed by atoms with van der Waals surface area (Å²) in [6, 6.07) is 7.11. The van der Waals surface area contributed by atoms with E-state index in [0.29, 0.717) is 17.1 Å². The van der Waals surface area contributed by atoms with Gasteiger partial charge in [-0.3, -0.25) is 14.9 Å². The first-order valence-electron chi connectivity index (χ1n) is 8.29. The van der Waals surface area contributed by atoms with E-state index in [0.717, 1.165) is 6.07 Å². The van der Waals surface area contributed by atoms with E-state index in [4.69, 9.17) is 18.9 Å². The highest BCUT2D eigenvalue weighted by Gasteiger charge is 2.26. The van der Waals surface area contributed by atoms with Crippen LogP contribution in [0, 0.1) is 10.1 Å². The fraction of sp³-hybridized carbons (Fsp3) is 0.316. The van der Waals surface area contributed by atoms with Crippen molar-refractivity contribution in [2.75, 3.05) is 28.4 Å². The molecule has 9 nitrogen and oxygen atoms in total. The third-order valence-corrected chi connectivity index (χ3v) is 4.19. The molecular weight excluding hydrogens is 368 g/mol. The summed E-state index contributed by atoms with van der Waals surface area (Å²) in [5.41, 5.74) is 0.134. The number of nitro groups is 1. The zero-order valence-electron chi connectivity index (χ0n) is 16.3. The summed E-state index contributed by atoms with van der Waals surface area (Å²) in [6.45, 7) is 1.74. The molecule has 0 heterocycles. The van der Waals surface area contributed by atoms with E-state index in [2.05, 4.69) is 5.32 Å². The number of nitro benzene ring substituents is 1. The van der Waals surface area contributed by atoms with Crippen LogP contribution >= 0.6 is 0 Å². The number of methoxy groups -OCH3 is 4. The Bertz CT molecular complexity index is 883. The highest BCUT2D eigenvalue weighted by atomic mass is 16.6. The molecular formula is C19H22N2O7. The van der Waals surface area contributed by atoms with Gasteiger partial charge in [0.2, 0.25) is 0 Å². The van der Waals surface area contributed by atoms with Gasteiger partial charge in [0, 0.05) is 11.6 Å². The van der Waals surface area contributed by atoms with E-state index < -0.39 is 16.9 Å².